The van der Waals surface area contributed by atoms with E-state index in [1.54, 1.807) is 0 Å². The third-order valence-corrected chi connectivity index (χ3v) is 12.8. The van der Waals surface area contributed by atoms with Gasteiger partial charge in [-0.2, -0.15) is 0 Å². The molecule has 65 heavy (non-hydrogen) atoms. The molecule has 0 fully saturated rings. The number of aromatic nitrogens is 2. The fraction of sp³-hybridized carbons (Fsp3) is 0.0161. The van der Waals surface area contributed by atoms with Crippen LogP contribution in [0.25, 0.3) is 88.9 Å². The van der Waals surface area contributed by atoms with E-state index in [0.717, 1.165) is 44.9 Å². The fourth-order valence-electron chi connectivity index (χ4n) is 9.65. The molecule has 1 aliphatic carbocycles. The summed E-state index contributed by atoms with van der Waals surface area (Å²) in [7, 11) is 0. The van der Waals surface area contributed by atoms with Gasteiger partial charge in [-0.3, -0.25) is 4.99 Å². The first-order chi connectivity index (χ1) is 32.2. The molecule has 0 N–H and O–H groups in total. The van der Waals surface area contributed by atoms with E-state index in [0.29, 0.717) is 6.54 Å². The fourth-order valence-corrected chi connectivity index (χ4v) is 9.65. The van der Waals surface area contributed by atoms with Gasteiger partial charge in [0.15, 0.2) is 0 Å². The predicted molar refractivity (Wildman–Crippen MR) is 275 cm³/mol. The van der Waals surface area contributed by atoms with Crippen molar-refractivity contribution in [2.24, 2.45) is 4.99 Å². The first-order valence-corrected chi connectivity index (χ1v) is 22.3. The number of nitrogens with zero attached hydrogens (tertiary/aromatic N) is 3. The minimum atomic E-state index is 0.552. The van der Waals surface area contributed by atoms with E-state index in [1.807, 2.05) is 0 Å². The largest absolute Gasteiger partial charge is 0.309 e. The molecule has 0 aliphatic heterocycles. The van der Waals surface area contributed by atoms with Gasteiger partial charge in [-0.05, 0) is 117 Å². The molecule has 0 amide bonds. The molecule has 2 heterocycles. The average molecular weight is 830 g/mol. The molecular formula is C62H43N3. The van der Waals surface area contributed by atoms with Gasteiger partial charge >= 0.3 is 0 Å². The smallest absolute Gasteiger partial charge is 0.0651 e. The van der Waals surface area contributed by atoms with Crippen LogP contribution in [0.4, 0.5) is 0 Å². The summed E-state index contributed by atoms with van der Waals surface area (Å²) in [6.45, 7) is 0.552. The Labute approximate surface area is 378 Å². The number of benzene rings is 9. The van der Waals surface area contributed by atoms with Gasteiger partial charge in [-0.25, -0.2) is 0 Å². The topological polar surface area (TPSA) is 22.2 Å². The van der Waals surface area contributed by atoms with Crippen LogP contribution in [0.15, 0.2) is 253 Å². The van der Waals surface area contributed by atoms with Crippen molar-refractivity contribution in [3.8, 4) is 33.6 Å². The van der Waals surface area contributed by atoms with Crippen LogP contribution >= 0.6 is 0 Å². The summed E-state index contributed by atoms with van der Waals surface area (Å²) in [5.41, 5.74) is 18.5. The lowest BCUT2D eigenvalue weighted by Crippen LogP contribution is -2.04. The van der Waals surface area contributed by atoms with Crippen LogP contribution in [0.3, 0.4) is 0 Å². The van der Waals surface area contributed by atoms with Crippen molar-refractivity contribution in [2.45, 2.75) is 6.54 Å². The lowest BCUT2D eigenvalue weighted by molar-refractivity contribution is 1.07. The van der Waals surface area contributed by atoms with E-state index in [9.17, 15) is 0 Å². The summed E-state index contributed by atoms with van der Waals surface area (Å²) in [4.78, 5) is 5.32. The molecule has 3 heteroatoms. The van der Waals surface area contributed by atoms with Crippen LogP contribution in [-0.4, -0.2) is 14.8 Å². The second-order valence-corrected chi connectivity index (χ2v) is 16.8. The Balaban J connectivity index is 0.890. The Kier molecular flexibility index (Phi) is 9.57. The van der Waals surface area contributed by atoms with Gasteiger partial charge in [0.25, 0.3) is 0 Å². The monoisotopic (exact) mass is 829 g/mol. The van der Waals surface area contributed by atoms with Crippen molar-refractivity contribution >= 4 is 61.0 Å². The Bertz CT molecular complexity index is 3620. The second-order valence-electron chi connectivity index (χ2n) is 16.8. The molecule has 0 saturated heterocycles. The van der Waals surface area contributed by atoms with Gasteiger partial charge in [-0.15, -0.1) is 0 Å². The van der Waals surface area contributed by atoms with Gasteiger partial charge < -0.3 is 9.13 Å². The van der Waals surface area contributed by atoms with Gasteiger partial charge in [0.2, 0.25) is 0 Å². The molecule has 0 spiro atoms. The molecule has 306 valence electrons. The van der Waals surface area contributed by atoms with E-state index in [1.165, 1.54) is 65.9 Å². The Morgan fingerprint density at radius 2 is 0.831 bits per heavy atom. The molecule has 0 bridgehead atoms. The third kappa shape index (κ3) is 7.10. The van der Waals surface area contributed by atoms with E-state index in [4.69, 9.17) is 4.99 Å². The summed E-state index contributed by atoms with van der Waals surface area (Å²) in [5, 5.41) is 5.04. The summed E-state index contributed by atoms with van der Waals surface area (Å²) in [5.74, 6) is 0. The molecule has 1 aliphatic rings. The molecular weight excluding hydrogens is 787 g/mol. The van der Waals surface area contributed by atoms with E-state index in [-0.39, 0.29) is 0 Å². The maximum atomic E-state index is 5.32. The van der Waals surface area contributed by atoms with Crippen LogP contribution in [0.2, 0.25) is 0 Å². The van der Waals surface area contributed by atoms with Crippen LogP contribution < -0.4 is 0 Å². The van der Waals surface area contributed by atoms with Crippen molar-refractivity contribution in [1.29, 1.82) is 0 Å². The molecule has 0 saturated carbocycles. The highest BCUT2D eigenvalue weighted by molar-refractivity contribution is 6.17. The van der Waals surface area contributed by atoms with Crippen LogP contribution in [0.5, 0.6) is 0 Å². The molecule has 0 unspecified atom stereocenters. The van der Waals surface area contributed by atoms with Crippen LogP contribution in [0.1, 0.15) is 16.7 Å². The number of hydrogen-bond donors (Lipinski definition) is 0. The third-order valence-electron chi connectivity index (χ3n) is 12.8. The van der Waals surface area contributed by atoms with Crippen molar-refractivity contribution in [3.05, 3.63) is 265 Å². The van der Waals surface area contributed by atoms with Crippen LogP contribution in [0, 0.1) is 0 Å². The molecule has 9 aromatic carbocycles. The maximum Gasteiger partial charge on any atom is 0.0651 e. The average Bonchev–Trinajstić information content (AvgIpc) is 3.90. The predicted octanol–water partition coefficient (Wildman–Crippen LogP) is 15.9. The quantitative estimate of drug-likeness (QED) is 0.146. The zero-order valence-corrected chi connectivity index (χ0v) is 35.7. The summed E-state index contributed by atoms with van der Waals surface area (Å²) in [6.07, 6.45) is 8.97. The molecule has 0 radical (unpaired) electrons. The standard InChI is InChI=1S/C62H43N3/c1-2-16-45(17-3-1)46-33-31-43(32-34-46)37-51-39-50(49-20-14-22-53(41-49)65-61-29-10-6-25-56(61)57-26-7-11-30-62(57)65)35-36-58(51)63-42-44-15-12-18-47(38-44)48-19-13-21-52(40-48)64-59-27-8-4-23-54(59)55-24-5-9-28-60(55)64/h1-41H,42H2/b51-37+,63-58?. The first-order valence-electron chi connectivity index (χ1n) is 22.3. The Morgan fingerprint density at radius 3 is 1.42 bits per heavy atom. The maximum absolute atomic E-state index is 5.32. The highest BCUT2D eigenvalue weighted by atomic mass is 15.0. The van der Waals surface area contributed by atoms with Gasteiger partial charge in [0, 0.05) is 38.5 Å². The van der Waals surface area contributed by atoms with E-state index < -0.39 is 0 Å². The first kappa shape index (κ1) is 38.2. The zero-order chi connectivity index (χ0) is 43.1. The highest BCUT2D eigenvalue weighted by Crippen LogP contribution is 2.36. The lowest BCUT2D eigenvalue weighted by atomic mass is 9.93. The summed E-state index contributed by atoms with van der Waals surface area (Å²) < 4.78 is 4.76. The SMILES string of the molecule is C1=CC(=NCc2cccc(-c3cccc(-n4c5ccccc5c5ccccc54)c3)c2)/C(=C/c2ccc(-c3ccccc3)cc2)C=C1c1cccc(-n2c3ccccc3c3ccccc32)c1. The number of hydrogen-bond acceptors (Lipinski definition) is 1. The number of fused-ring (bicyclic) bond motifs is 6. The van der Waals surface area contributed by atoms with Crippen molar-refractivity contribution in [3.63, 3.8) is 0 Å². The van der Waals surface area contributed by atoms with Crippen molar-refractivity contribution < 1.29 is 0 Å². The minimum absolute atomic E-state index is 0.552. The van der Waals surface area contributed by atoms with Crippen molar-refractivity contribution in [1.82, 2.24) is 9.13 Å². The molecule has 11 aromatic rings. The number of aliphatic imine (C=N–C) groups is 1. The van der Waals surface area contributed by atoms with Crippen molar-refractivity contribution in [2.75, 3.05) is 0 Å². The van der Waals surface area contributed by atoms with Gasteiger partial charge in [0.05, 0.1) is 34.3 Å². The molecule has 2 aromatic heterocycles. The van der Waals surface area contributed by atoms with E-state index >= 15 is 0 Å². The molecule has 12 rings (SSSR count). The number of rotatable bonds is 8. The molecule has 0 atom stereocenters. The lowest BCUT2D eigenvalue weighted by Gasteiger charge is -2.15. The van der Waals surface area contributed by atoms with Gasteiger partial charge in [0.1, 0.15) is 0 Å². The number of allylic oxidation sites excluding steroid dienone is 5. The molecule has 3 nitrogen and oxygen atoms in total. The normalized spacial score (nSPS) is 14.0. The summed E-state index contributed by atoms with van der Waals surface area (Å²) >= 11 is 0. The minimum Gasteiger partial charge on any atom is -0.309 e. The second kappa shape index (κ2) is 16.3. The van der Waals surface area contributed by atoms with E-state index in [2.05, 4.69) is 258 Å². The van der Waals surface area contributed by atoms with Crippen LogP contribution in [-0.2, 0) is 6.54 Å². The highest BCUT2D eigenvalue weighted by Gasteiger charge is 2.16. The zero-order valence-electron chi connectivity index (χ0n) is 35.7. The Morgan fingerprint density at radius 1 is 0.369 bits per heavy atom. The summed E-state index contributed by atoms with van der Waals surface area (Å²) in [6, 6.07) is 80.7. The Hall–Kier alpha value is -8.53. The van der Waals surface area contributed by atoms with Gasteiger partial charge in [-0.1, -0.05) is 176 Å². The number of para-hydroxylation sites is 4.